The number of anilines is 1. The summed E-state index contributed by atoms with van der Waals surface area (Å²) >= 11 is 0. The number of hydrogen-bond acceptors (Lipinski definition) is 6. The first kappa shape index (κ1) is 20.6. The number of fused-ring (bicyclic) bond motifs is 1. The van der Waals surface area contributed by atoms with E-state index in [0.29, 0.717) is 18.9 Å². The monoisotopic (exact) mass is 441 g/mol. The van der Waals surface area contributed by atoms with Gasteiger partial charge in [-0.2, -0.15) is 0 Å². The number of carbonyl (C=O) groups is 1. The summed E-state index contributed by atoms with van der Waals surface area (Å²) in [5.74, 6) is 0.227. The fourth-order valence-electron chi connectivity index (χ4n) is 4.07. The Labute approximate surface area is 189 Å². The minimum Gasteiger partial charge on any atom is -0.384 e. The molecular weight excluding hydrogens is 418 g/mol. The van der Waals surface area contributed by atoms with Crippen LogP contribution >= 0.6 is 0 Å². The molecule has 0 fully saturated rings. The zero-order valence-electron chi connectivity index (χ0n) is 17.9. The average molecular weight is 441 g/mol. The summed E-state index contributed by atoms with van der Waals surface area (Å²) in [6.45, 7) is 1.00. The van der Waals surface area contributed by atoms with Crippen molar-refractivity contribution >= 4 is 11.7 Å². The summed E-state index contributed by atoms with van der Waals surface area (Å²) in [6.07, 6.45) is 4.98. The number of amides is 1. The molecule has 0 aliphatic heterocycles. The van der Waals surface area contributed by atoms with Gasteiger partial charge >= 0.3 is 0 Å². The number of nitrogens with zero attached hydrogens (tertiary/aromatic N) is 5. The number of nitrogen functional groups attached to an aromatic ring is 1. The van der Waals surface area contributed by atoms with Crippen LogP contribution in [0.25, 0.3) is 0 Å². The van der Waals surface area contributed by atoms with Crippen LogP contribution in [0.15, 0.2) is 71.8 Å². The summed E-state index contributed by atoms with van der Waals surface area (Å²) in [6, 6.07) is 16.6. The van der Waals surface area contributed by atoms with Gasteiger partial charge in [0.25, 0.3) is 11.5 Å². The molecule has 1 atom stereocenters. The van der Waals surface area contributed by atoms with E-state index >= 15 is 0 Å². The third-order valence-electron chi connectivity index (χ3n) is 5.77. The van der Waals surface area contributed by atoms with Gasteiger partial charge in [-0.25, -0.2) is 9.67 Å². The second-order valence-corrected chi connectivity index (χ2v) is 8.12. The molecule has 1 aliphatic rings. The van der Waals surface area contributed by atoms with E-state index in [1.54, 1.807) is 39.8 Å². The van der Waals surface area contributed by atoms with Crippen LogP contribution in [0.5, 0.6) is 0 Å². The molecular formula is C24H23N7O2. The maximum Gasteiger partial charge on any atom is 0.273 e. The third kappa shape index (κ3) is 4.52. The van der Waals surface area contributed by atoms with Crippen LogP contribution in [0.3, 0.4) is 0 Å². The van der Waals surface area contributed by atoms with Gasteiger partial charge in [-0.05, 0) is 41.7 Å². The minimum atomic E-state index is -0.264. The maximum atomic E-state index is 12.7. The molecule has 0 radical (unpaired) electrons. The van der Waals surface area contributed by atoms with Crippen molar-refractivity contribution in [3.8, 4) is 0 Å². The van der Waals surface area contributed by atoms with Gasteiger partial charge in [0.2, 0.25) is 0 Å². The lowest BCUT2D eigenvalue weighted by Gasteiger charge is -2.12. The standard InChI is InChI=1S/C24H23N7O2/c25-22-11-8-18-19(26-22)9-10-20(18)27-24(33)21-15-31(29-28-21)14-17-6-4-16(5-7-17)13-30-12-2-1-3-23(30)32/h1-8,11-12,15,20H,9-10,13-14H2,(H2,25,26)(H,27,33). The molecule has 9 nitrogen and oxygen atoms in total. The molecule has 3 heterocycles. The van der Waals surface area contributed by atoms with Gasteiger partial charge < -0.3 is 15.6 Å². The maximum absolute atomic E-state index is 12.7. The van der Waals surface area contributed by atoms with Crippen LogP contribution in [-0.4, -0.2) is 30.5 Å². The second kappa shape index (κ2) is 8.70. The Morgan fingerprint density at radius 1 is 1.06 bits per heavy atom. The predicted octanol–water partition coefficient (Wildman–Crippen LogP) is 1.93. The Kier molecular flexibility index (Phi) is 5.43. The lowest BCUT2D eigenvalue weighted by atomic mass is 10.1. The first-order chi connectivity index (χ1) is 16.0. The van der Waals surface area contributed by atoms with Gasteiger partial charge in [0, 0.05) is 18.0 Å². The highest BCUT2D eigenvalue weighted by Gasteiger charge is 2.26. The summed E-state index contributed by atoms with van der Waals surface area (Å²) in [5, 5.41) is 11.2. The number of aromatic nitrogens is 5. The molecule has 0 saturated carbocycles. The average Bonchev–Trinajstić information content (AvgIpc) is 3.44. The van der Waals surface area contributed by atoms with Gasteiger partial charge in [0.05, 0.1) is 25.3 Å². The van der Waals surface area contributed by atoms with Gasteiger partial charge in [0.1, 0.15) is 5.82 Å². The van der Waals surface area contributed by atoms with Crippen LogP contribution < -0.4 is 16.6 Å². The first-order valence-electron chi connectivity index (χ1n) is 10.7. The number of nitrogens with one attached hydrogen (secondary N) is 1. The highest BCUT2D eigenvalue weighted by Crippen LogP contribution is 2.30. The lowest BCUT2D eigenvalue weighted by Crippen LogP contribution is -2.27. The van der Waals surface area contributed by atoms with Crippen molar-refractivity contribution in [3.63, 3.8) is 0 Å². The number of nitrogens with two attached hydrogens (primary N) is 1. The van der Waals surface area contributed by atoms with Gasteiger partial charge in [-0.1, -0.05) is 41.6 Å². The molecule has 0 saturated heterocycles. The van der Waals surface area contributed by atoms with Crippen molar-refractivity contribution in [1.29, 1.82) is 0 Å². The van der Waals surface area contributed by atoms with Gasteiger partial charge in [-0.15, -0.1) is 5.10 Å². The summed E-state index contributed by atoms with van der Waals surface area (Å²) in [4.78, 5) is 28.9. The Balaban J connectivity index is 1.21. The van der Waals surface area contributed by atoms with Crippen molar-refractivity contribution in [3.05, 3.63) is 105 Å². The Bertz CT molecular complexity index is 1360. The predicted molar refractivity (Wildman–Crippen MR) is 123 cm³/mol. The number of carbonyl (C=O) groups excluding carboxylic acids is 1. The lowest BCUT2D eigenvalue weighted by molar-refractivity contribution is 0.0931. The Morgan fingerprint density at radius 3 is 2.64 bits per heavy atom. The topological polar surface area (TPSA) is 121 Å². The van der Waals surface area contributed by atoms with Crippen LogP contribution in [0.1, 0.15) is 45.3 Å². The SMILES string of the molecule is Nc1ccc2c(n1)CCC2NC(=O)c1cn(Cc2ccc(Cn3ccccc3=O)cc2)nn1. The minimum absolute atomic E-state index is 0.0310. The van der Waals surface area contributed by atoms with E-state index in [0.717, 1.165) is 35.2 Å². The summed E-state index contributed by atoms with van der Waals surface area (Å²) < 4.78 is 3.29. The van der Waals surface area contributed by atoms with E-state index in [1.807, 2.05) is 36.4 Å². The van der Waals surface area contributed by atoms with Crippen molar-refractivity contribution < 1.29 is 4.79 Å². The fourth-order valence-corrected chi connectivity index (χ4v) is 4.07. The van der Waals surface area contributed by atoms with E-state index in [9.17, 15) is 9.59 Å². The first-order valence-corrected chi connectivity index (χ1v) is 10.7. The normalized spacial score (nSPS) is 14.7. The van der Waals surface area contributed by atoms with Crippen LogP contribution in [0.4, 0.5) is 5.82 Å². The van der Waals surface area contributed by atoms with Crippen molar-refractivity contribution in [2.45, 2.75) is 32.0 Å². The van der Waals surface area contributed by atoms with E-state index in [1.165, 1.54) is 0 Å². The molecule has 5 rings (SSSR count). The van der Waals surface area contributed by atoms with Crippen molar-refractivity contribution in [2.24, 2.45) is 0 Å². The quantitative estimate of drug-likeness (QED) is 0.472. The summed E-state index contributed by atoms with van der Waals surface area (Å²) in [5.41, 5.74) is 9.97. The Morgan fingerprint density at radius 2 is 1.85 bits per heavy atom. The molecule has 0 bridgehead atoms. The third-order valence-corrected chi connectivity index (χ3v) is 5.77. The number of rotatable bonds is 6. The number of benzene rings is 1. The van der Waals surface area contributed by atoms with Gasteiger partial charge in [0.15, 0.2) is 5.69 Å². The number of pyridine rings is 2. The van der Waals surface area contributed by atoms with Crippen molar-refractivity contribution in [2.75, 3.05) is 5.73 Å². The molecule has 33 heavy (non-hydrogen) atoms. The number of aryl methyl sites for hydroxylation is 1. The zero-order chi connectivity index (χ0) is 22.8. The molecule has 166 valence electrons. The van der Waals surface area contributed by atoms with Crippen LogP contribution in [0.2, 0.25) is 0 Å². The van der Waals surface area contributed by atoms with E-state index in [2.05, 4.69) is 20.6 Å². The van der Waals surface area contributed by atoms with Crippen molar-refractivity contribution in [1.82, 2.24) is 29.9 Å². The zero-order valence-corrected chi connectivity index (χ0v) is 17.9. The summed E-state index contributed by atoms with van der Waals surface area (Å²) in [7, 11) is 0. The molecule has 1 unspecified atom stereocenters. The molecule has 3 aromatic heterocycles. The van der Waals surface area contributed by atoms with E-state index < -0.39 is 0 Å². The second-order valence-electron chi connectivity index (χ2n) is 8.12. The molecule has 1 aromatic carbocycles. The molecule has 4 aromatic rings. The highest BCUT2D eigenvalue weighted by atomic mass is 16.2. The molecule has 1 aliphatic carbocycles. The van der Waals surface area contributed by atoms with E-state index in [4.69, 9.17) is 5.73 Å². The smallest absolute Gasteiger partial charge is 0.273 e. The van der Waals surface area contributed by atoms with Crippen LogP contribution in [-0.2, 0) is 19.5 Å². The van der Waals surface area contributed by atoms with Crippen LogP contribution in [0, 0.1) is 0 Å². The van der Waals surface area contributed by atoms with E-state index in [-0.39, 0.29) is 23.2 Å². The molecule has 1 amide bonds. The van der Waals surface area contributed by atoms with Gasteiger partial charge in [-0.3, -0.25) is 9.59 Å². The molecule has 0 spiro atoms. The molecule has 9 heteroatoms. The molecule has 3 N–H and O–H groups in total. The largest absolute Gasteiger partial charge is 0.384 e. The fraction of sp³-hybridized carbons (Fsp3) is 0.208. The highest BCUT2D eigenvalue weighted by molar-refractivity contribution is 5.92. The Hall–Kier alpha value is -4.27. The number of hydrogen-bond donors (Lipinski definition) is 2.